The summed E-state index contributed by atoms with van der Waals surface area (Å²) in [5, 5.41) is 20.7. The predicted molar refractivity (Wildman–Crippen MR) is 110 cm³/mol. The van der Waals surface area contributed by atoms with E-state index in [1.54, 1.807) is 37.3 Å². The first-order chi connectivity index (χ1) is 14.0. The number of hydrogen-bond acceptors (Lipinski definition) is 6. The number of hydrogen-bond donors (Lipinski definition) is 1. The summed E-state index contributed by atoms with van der Waals surface area (Å²) < 4.78 is 11.0. The molecule has 1 N–H and O–H groups in total. The van der Waals surface area contributed by atoms with Crippen molar-refractivity contribution < 1.29 is 19.1 Å². The Hall–Kier alpha value is -3.62. The lowest BCUT2D eigenvalue weighted by Gasteiger charge is -2.08. The lowest BCUT2D eigenvalue weighted by atomic mass is 10.1. The third kappa shape index (κ3) is 6.20. The Balaban J connectivity index is 2.21. The maximum atomic E-state index is 12.5. The van der Waals surface area contributed by atoms with E-state index in [1.807, 2.05) is 12.1 Å². The Morgan fingerprint density at radius 1 is 1.17 bits per heavy atom. The molecule has 0 spiro atoms. The Morgan fingerprint density at radius 2 is 1.90 bits per heavy atom. The highest BCUT2D eigenvalue weighted by Crippen LogP contribution is 2.26. The number of nitriles is 2. The first kappa shape index (κ1) is 21.7. The molecule has 0 heterocycles. The number of amides is 1. The van der Waals surface area contributed by atoms with E-state index in [9.17, 15) is 14.9 Å². The number of rotatable bonds is 7. The topological polar surface area (TPSA) is 112 Å². The second kappa shape index (κ2) is 10.6. The largest absolute Gasteiger partial charge is 0.478 e. The maximum Gasteiger partial charge on any atom is 0.338 e. The summed E-state index contributed by atoms with van der Waals surface area (Å²) in [5.41, 5.74) is 1.09. The van der Waals surface area contributed by atoms with Crippen molar-refractivity contribution in [3.63, 3.8) is 0 Å². The highest BCUT2D eigenvalue weighted by molar-refractivity contribution is 9.10. The molecular formula is C21H16BrN3O4. The lowest BCUT2D eigenvalue weighted by molar-refractivity contribution is -0.112. The number of esters is 1. The van der Waals surface area contributed by atoms with Crippen LogP contribution in [-0.4, -0.2) is 25.1 Å². The summed E-state index contributed by atoms with van der Waals surface area (Å²) in [4.78, 5) is 24.2. The average Bonchev–Trinajstić information content (AvgIpc) is 2.72. The van der Waals surface area contributed by atoms with Gasteiger partial charge in [0.1, 0.15) is 23.5 Å². The van der Waals surface area contributed by atoms with Gasteiger partial charge in [0.15, 0.2) is 6.61 Å². The van der Waals surface area contributed by atoms with Crippen LogP contribution in [-0.2, 0) is 9.53 Å². The van der Waals surface area contributed by atoms with E-state index in [0.717, 1.165) is 4.47 Å². The molecule has 0 saturated heterocycles. The SMILES string of the molecule is CCOC(=O)c1ccc(NC(=O)/C(C#N)=C/c2cc(Br)ccc2OCC#N)cc1. The third-order valence-corrected chi connectivity index (χ3v) is 4.08. The summed E-state index contributed by atoms with van der Waals surface area (Å²) in [5.74, 6) is -0.709. The summed E-state index contributed by atoms with van der Waals surface area (Å²) >= 11 is 3.33. The molecule has 8 heteroatoms. The number of nitrogens with one attached hydrogen (secondary N) is 1. The van der Waals surface area contributed by atoms with Crippen LogP contribution in [0, 0.1) is 22.7 Å². The van der Waals surface area contributed by atoms with Gasteiger partial charge in [-0.2, -0.15) is 10.5 Å². The molecule has 0 unspecified atom stereocenters. The molecule has 0 atom stereocenters. The van der Waals surface area contributed by atoms with Crippen LogP contribution in [0.3, 0.4) is 0 Å². The summed E-state index contributed by atoms with van der Waals surface area (Å²) in [7, 11) is 0. The summed E-state index contributed by atoms with van der Waals surface area (Å²) in [6, 6.07) is 14.9. The summed E-state index contributed by atoms with van der Waals surface area (Å²) in [6.07, 6.45) is 1.37. The van der Waals surface area contributed by atoms with Gasteiger partial charge in [0.25, 0.3) is 5.91 Å². The van der Waals surface area contributed by atoms with Crippen LogP contribution in [0.2, 0.25) is 0 Å². The van der Waals surface area contributed by atoms with Crippen LogP contribution in [0.15, 0.2) is 52.5 Å². The van der Waals surface area contributed by atoms with E-state index in [-0.39, 0.29) is 18.8 Å². The Morgan fingerprint density at radius 3 is 2.52 bits per heavy atom. The van der Waals surface area contributed by atoms with Gasteiger partial charge in [-0.1, -0.05) is 15.9 Å². The zero-order valence-electron chi connectivity index (χ0n) is 15.4. The minimum Gasteiger partial charge on any atom is -0.478 e. The van der Waals surface area contributed by atoms with Gasteiger partial charge in [0.2, 0.25) is 0 Å². The van der Waals surface area contributed by atoms with Crippen LogP contribution >= 0.6 is 15.9 Å². The molecule has 29 heavy (non-hydrogen) atoms. The van der Waals surface area contributed by atoms with Gasteiger partial charge in [-0.05, 0) is 55.5 Å². The molecule has 2 aromatic carbocycles. The minimum absolute atomic E-state index is 0.153. The monoisotopic (exact) mass is 453 g/mol. The van der Waals surface area contributed by atoms with Crippen molar-refractivity contribution in [1.82, 2.24) is 0 Å². The number of carbonyl (C=O) groups is 2. The molecule has 2 rings (SSSR count). The van der Waals surface area contributed by atoms with Gasteiger partial charge in [0.05, 0.1) is 12.2 Å². The van der Waals surface area contributed by atoms with Crippen molar-refractivity contribution in [3.05, 3.63) is 63.6 Å². The summed E-state index contributed by atoms with van der Waals surface area (Å²) in [6.45, 7) is 1.82. The molecular weight excluding hydrogens is 438 g/mol. The molecule has 0 fully saturated rings. The smallest absolute Gasteiger partial charge is 0.338 e. The molecule has 0 aromatic heterocycles. The minimum atomic E-state index is -0.623. The lowest BCUT2D eigenvalue weighted by Crippen LogP contribution is -2.14. The fraction of sp³-hybridized carbons (Fsp3) is 0.143. The standard InChI is InChI=1S/C21H16BrN3O4/c1-2-28-21(27)14-3-6-18(7-4-14)25-20(26)16(13-24)11-15-12-17(22)5-8-19(15)29-10-9-23/h3-8,11-12H,2,10H2,1H3,(H,25,26)/b16-11+. The second-order valence-corrected chi connectivity index (χ2v) is 6.47. The van der Waals surface area contributed by atoms with E-state index >= 15 is 0 Å². The van der Waals surface area contributed by atoms with Gasteiger partial charge in [-0.25, -0.2) is 4.79 Å². The van der Waals surface area contributed by atoms with E-state index in [2.05, 4.69) is 21.2 Å². The first-order valence-electron chi connectivity index (χ1n) is 8.48. The van der Waals surface area contributed by atoms with Crippen LogP contribution in [0.5, 0.6) is 5.75 Å². The van der Waals surface area contributed by atoms with Crippen molar-refractivity contribution in [1.29, 1.82) is 10.5 Å². The molecule has 0 bridgehead atoms. The Labute approximate surface area is 176 Å². The van der Waals surface area contributed by atoms with Crippen molar-refractivity contribution in [2.45, 2.75) is 6.92 Å². The fourth-order valence-electron chi connectivity index (χ4n) is 2.28. The number of anilines is 1. The van der Waals surface area contributed by atoms with Crippen molar-refractivity contribution in [2.24, 2.45) is 0 Å². The van der Waals surface area contributed by atoms with Crippen molar-refractivity contribution in [3.8, 4) is 17.9 Å². The molecule has 2 aromatic rings. The quantitative estimate of drug-likeness (QED) is 0.384. The number of benzene rings is 2. The zero-order valence-corrected chi connectivity index (χ0v) is 17.0. The number of ether oxygens (including phenoxy) is 2. The van der Waals surface area contributed by atoms with Gasteiger partial charge >= 0.3 is 5.97 Å². The van der Waals surface area contributed by atoms with Gasteiger partial charge in [0, 0.05) is 15.7 Å². The molecule has 0 saturated carbocycles. The Kier molecular flexibility index (Phi) is 7.96. The van der Waals surface area contributed by atoms with Crippen LogP contribution in [0.4, 0.5) is 5.69 Å². The normalized spacial score (nSPS) is 10.4. The first-order valence-corrected chi connectivity index (χ1v) is 9.27. The maximum absolute atomic E-state index is 12.5. The molecule has 1 amide bonds. The predicted octanol–water partition coefficient (Wildman–Crippen LogP) is 4.07. The highest BCUT2D eigenvalue weighted by atomic mass is 79.9. The fourth-order valence-corrected chi connectivity index (χ4v) is 2.66. The van der Waals surface area contributed by atoms with Gasteiger partial charge < -0.3 is 14.8 Å². The van der Waals surface area contributed by atoms with Crippen molar-refractivity contribution >= 4 is 39.6 Å². The molecule has 0 radical (unpaired) electrons. The molecule has 0 aliphatic carbocycles. The molecule has 7 nitrogen and oxygen atoms in total. The van der Waals surface area contributed by atoms with Crippen LogP contribution in [0.1, 0.15) is 22.8 Å². The third-order valence-electron chi connectivity index (χ3n) is 3.58. The number of nitrogens with zero attached hydrogens (tertiary/aromatic N) is 2. The molecule has 0 aliphatic rings. The van der Waals surface area contributed by atoms with Gasteiger partial charge in [-0.15, -0.1) is 0 Å². The van der Waals surface area contributed by atoms with E-state index in [1.165, 1.54) is 18.2 Å². The van der Waals surface area contributed by atoms with Crippen LogP contribution < -0.4 is 10.1 Å². The number of halogens is 1. The zero-order chi connectivity index (χ0) is 21.2. The molecule has 146 valence electrons. The highest BCUT2D eigenvalue weighted by Gasteiger charge is 2.13. The molecule has 0 aliphatic heterocycles. The Bertz CT molecular complexity index is 1020. The van der Waals surface area contributed by atoms with Gasteiger partial charge in [-0.3, -0.25) is 4.79 Å². The average molecular weight is 454 g/mol. The van der Waals surface area contributed by atoms with Crippen molar-refractivity contribution in [2.75, 3.05) is 18.5 Å². The van der Waals surface area contributed by atoms with E-state index in [0.29, 0.717) is 22.6 Å². The van der Waals surface area contributed by atoms with E-state index < -0.39 is 11.9 Å². The van der Waals surface area contributed by atoms with Crippen LogP contribution in [0.25, 0.3) is 6.08 Å². The number of carbonyl (C=O) groups excluding carboxylic acids is 2. The second-order valence-electron chi connectivity index (χ2n) is 5.55. The van der Waals surface area contributed by atoms with E-state index in [4.69, 9.17) is 14.7 Å².